The number of rotatable bonds is 9. The van der Waals surface area contributed by atoms with Crippen LogP contribution < -0.4 is 5.32 Å². The van der Waals surface area contributed by atoms with Crippen LogP contribution >= 0.6 is 0 Å². The molecule has 0 aliphatic rings. The maximum absolute atomic E-state index is 13.5. The number of amides is 2. The molecule has 0 aromatic heterocycles. The maximum atomic E-state index is 13.5. The van der Waals surface area contributed by atoms with Gasteiger partial charge in [0.1, 0.15) is 11.9 Å². The molecule has 0 spiro atoms. The third kappa shape index (κ3) is 6.77. The highest BCUT2D eigenvalue weighted by molar-refractivity contribution is 5.89. The summed E-state index contributed by atoms with van der Waals surface area (Å²) in [6, 6.07) is 24.5. The summed E-state index contributed by atoms with van der Waals surface area (Å²) in [6.07, 6.45) is 0.495. The Bertz CT molecular complexity index is 1000. The number of hydrogen-bond donors (Lipinski definition) is 1. The van der Waals surface area contributed by atoms with Gasteiger partial charge in [-0.05, 0) is 42.7 Å². The van der Waals surface area contributed by atoms with Crippen molar-refractivity contribution >= 4 is 11.8 Å². The van der Waals surface area contributed by atoms with E-state index >= 15 is 0 Å². The van der Waals surface area contributed by atoms with Crippen LogP contribution in [0.5, 0.6) is 0 Å². The maximum Gasteiger partial charge on any atom is 0.243 e. The normalized spacial score (nSPS) is 11.8. The van der Waals surface area contributed by atoms with Crippen molar-refractivity contribution in [2.24, 2.45) is 0 Å². The minimum absolute atomic E-state index is 0.0495. The van der Waals surface area contributed by atoms with Gasteiger partial charge < -0.3 is 10.2 Å². The molecule has 0 fully saturated rings. The average molecular weight is 433 g/mol. The van der Waals surface area contributed by atoms with Crippen LogP contribution in [0.2, 0.25) is 0 Å². The predicted octanol–water partition coefficient (Wildman–Crippen LogP) is 4.53. The second kappa shape index (κ2) is 11.2. The molecular weight excluding hydrogens is 403 g/mol. The molecule has 0 radical (unpaired) electrons. The van der Waals surface area contributed by atoms with Gasteiger partial charge in [-0.3, -0.25) is 9.59 Å². The van der Waals surface area contributed by atoms with Gasteiger partial charge in [0.15, 0.2) is 0 Å². The van der Waals surface area contributed by atoms with Crippen LogP contribution in [-0.4, -0.2) is 28.8 Å². The van der Waals surface area contributed by atoms with E-state index in [4.69, 9.17) is 0 Å². The molecule has 0 bridgehead atoms. The molecule has 0 heterocycles. The van der Waals surface area contributed by atoms with Crippen LogP contribution in [-0.2, 0) is 29.0 Å². The summed E-state index contributed by atoms with van der Waals surface area (Å²) in [6.45, 7) is 4.11. The summed E-state index contributed by atoms with van der Waals surface area (Å²) >= 11 is 0. The highest BCUT2D eigenvalue weighted by atomic mass is 19.1. The molecule has 0 saturated carbocycles. The molecule has 1 atom stereocenters. The first-order chi connectivity index (χ1) is 15.4. The fraction of sp³-hybridized carbons (Fsp3) is 0.259. The SMILES string of the molecule is CC(C)NC(=O)C(Cc1ccccc1)N(Cc1ccccc1)C(=O)Cc1ccc(F)cc1. The van der Waals surface area contributed by atoms with Crippen LogP contribution in [0.3, 0.4) is 0 Å². The Balaban J connectivity index is 1.93. The van der Waals surface area contributed by atoms with Gasteiger partial charge in [0.2, 0.25) is 11.8 Å². The lowest BCUT2D eigenvalue weighted by atomic mass is 10.0. The Morgan fingerprint density at radius 1 is 0.812 bits per heavy atom. The number of halogens is 1. The third-order valence-corrected chi connectivity index (χ3v) is 5.17. The Kier molecular flexibility index (Phi) is 8.14. The lowest BCUT2D eigenvalue weighted by molar-refractivity contribution is -0.141. The Hall–Kier alpha value is -3.47. The smallest absolute Gasteiger partial charge is 0.243 e. The van der Waals surface area contributed by atoms with Gasteiger partial charge in [-0.1, -0.05) is 72.8 Å². The molecule has 0 saturated heterocycles. The number of hydrogen-bond acceptors (Lipinski definition) is 2. The standard InChI is InChI=1S/C27H29FN2O2/c1-20(2)29-27(32)25(17-21-9-5-3-6-10-21)30(19-23-11-7-4-8-12-23)26(31)18-22-13-15-24(28)16-14-22/h3-16,20,25H,17-19H2,1-2H3,(H,29,32). The van der Waals surface area contributed by atoms with E-state index in [0.717, 1.165) is 11.1 Å². The molecule has 3 rings (SSSR count). The van der Waals surface area contributed by atoms with Gasteiger partial charge in [-0.15, -0.1) is 0 Å². The molecule has 2 amide bonds. The molecule has 3 aromatic rings. The van der Waals surface area contributed by atoms with E-state index in [-0.39, 0.29) is 30.1 Å². The summed E-state index contributed by atoms with van der Waals surface area (Å²) < 4.78 is 13.3. The van der Waals surface area contributed by atoms with Gasteiger partial charge in [0.25, 0.3) is 0 Å². The number of carbonyl (C=O) groups excluding carboxylic acids is 2. The van der Waals surface area contributed by atoms with Gasteiger partial charge in [0, 0.05) is 19.0 Å². The second-order valence-corrected chi connectivity index (χ2v) is 8.18. The minimum atomic E-state index is -0.673. The van der Waals surface area contributed by atoms with Crippen LogP contribution in [0.25, 0.3) is 0 Å². The highest BCUT2D eigenvalue weighted by Gasteiger charge is 2.30. The fourth-order valence-electron chi connectivity index (χ4n) is 3.59. The predicted molar refractivity (Wildman–Crippen MR) is 124 cm³/mol. The van der Waals surface area contributed by atoms with Crippen molar-refractivity contribution < 1.29 is 14.0 Å². The molecule has 3 aromatic carbocycles. The molecule has 0 aliphatic carbocycles. The van der Waals surface area contributed by atoms with Crippen LogP contribution in [0.4, 0.5) is 4.39 Å². The van der Waals surface area contributed by atoms with Crippen molar-refractivity contribution in [1.82, 2.24) is 10.2 Å². The molecule has 1 N–H and O–H groups in total. The Morgan fingerprint density at radius 3 is 1.94 bits per heavy atom. The average Bonchev–Trinajstić information content (AvgIpc) is 2.78. The van der Waals surface area contributed by atoms with Crippen molar-refractivity contribution in [3.63, 3.8) is 0 Å². The first kappa shape index (κ1) is 23.2. The van der Waals surface area contributed by atoms with Gasteiger partial charge >= 0.3 is 0 Å². The summed E-state index contributed by atoms with van der Waals surface area (Å²) in [5.74, 6) is -0.715. The topological polar surface area (TPSA) is 49.4 Å². The largest absolute Gasteiger partial charge is 0.352 e. The molecule has 166 valence electrons. The third-order valence-electron chi connectivity index (χ3n) is 5.17. The van der Waals surface area contributed by atoms with Gasteiger partial charge in [-0.25, -0.2) is 4.39 Å². The summed E-state index contributed by atoms with van der Waals surface area (Å²) in [4.78, 5) is 28.4. The van der Waals surface area contributed by atoms with Gasteiger partial charge in [0.05, 0.1) is 6.42 Å². The molecule has 5 heteroatoms. The Morgan fingerprint density at radius 2 is 1.38 bits per heavy atom. The zero-order valence-corrected chi connectivity index (χ0v) is 18.5. The zero-order chi connectivity index (χ0) is 22.9. The van der Waals surface area contributed by atoms with Crippen LogP contribution in [0.15, 0.2) is 84.9 Å². The first-order valence-corrected chi connectivity index (χ1v) is 10.8. The number of benzene rings is 3. The quantitative estimate of drug-likeness (QED) is 0.540. The number of nitrogens with zero attached hydrogens (tertiary/aromatic N) is 1. The van der Waals surface area contributed by atoms with Crippen molar-refractivity contribution in [2.75, 3.05) is 0 Å². The van der Waals surface area contributed by atoms with E-state index in [2.05, 4.69) is 5.32 Å². The lowest BCUT2D eigenvalue weighted by Crippen LogP contribution is -2.52. The fourth-order valence-corrected chi connectivity index (χ4v) is 3.59. The van der Waals surface area contributed by atoms with E-state index in [1.54, 1.807) is 17.0 Å². The number of nitrogens with one attached hydrogen (secondary N) is 1. The zero-order valence-electron chi connectivity index (χ0n) is 18.5. The van der Waals surface area contributed by atoms with Gasteiger partial charge in [-0.2, -0.15) is 0 Å². The summed E-state index contributed by atoms with van der Waals surface area (Å²) in [5, 5.41) is 2.97. The van der Waals surface area contributed by atoms with E-state index in [1.807, 2.05) is 74.5 Å². The first-order valence-electron chi connectivity index (χ1n) is 10.8. The van der Waals surface area contributed by atoms with Crippen LogP contribution in [0.1, 0.15) is 30.5 Å². The van der Waals surface area contributed by atoms with Crippen LogP contribution in [0, 0.1) is 5.82 Å². The van der Waals surface area contributed by atoms with Crippen molar-refractivity contribution in [2.45, 2.75) is 45.3 Å². The number of carbonyl (C=O) groups is 2. The molecule has 32 heavy (non-hydrogen) atoms. The minimum Gasteiger partial charge on any atom is -0.352 e. The van der Waals surface area contributed by atoms with Crippen molar-refractivity contribution in [3.05, 3.63) is 107 Å². The molecule has 1 unspecified atom stereocenters. The monoisotopic (exact) mass is 432 g/mol. The van der Waals surface area contributed by atoms with E-state index in [1.165, 1.54) is 12.1 Å². The molecule has 4 nitrogen and oxygen atoms in total. The highest BCUT2D eigenvalue weighted by Crippen LogP contribution is 2.17. The van der Waals surface area contributed by atoms with E-state index in [0.29, 0.717) is 18.5 Å². The van der Waals surface area contributed by atoms with E-state index < -0.39 is 6.04 Å². The Labute approximate surface area is 189 Å². The van der Waals surface area contributed by atoms with Crippen molar-refractivity contribution in [1.29, 1.82) is 0 Å². The summed E-state index contributed by atoms with van der Waals surface area (Å²) in [5.41, 5.74) is 2.62. The van der Waals surface area contributed by atoms with Crippen molar-refractivity contribution in [3.8, 4) is 0 Å². The summed E-state index contributed by atoms with van der Waals surface area (Å²) in [7, 11) is 0. The molecule has 0 aliphatic heterocycles. The second-order valence-electron chi connectivity index (χ2n) is 8.18. The lowest BCUT2D eigenvalue weighted by Gasteiger charge is -2.32. The molecular formula is C27H29FN2O2. The van der Waals surface area contributed by atoms with E-state index in [9.17, 15) is 14.0 Å².